The quantitative estimate of drug-likeness (QED) is 0.703. The molecule has 0 bridgehead atoms. The molecule has 2 aromatic heterocycles. The lowest BCUT2D eigenvalue weighted by molar-refractivity contribution is -0.119. The lowest BCUT2D eigenvalue weighted by atomic mass is 10.2. The summed E-state index contributed by atoms with van der Waals surface area (Å²) in [6.07, 6.45) is 1.66. The molecule has 0 radical (unpaired) electrons. The van der Waals surface area contributed by atoms with Crippen LogP contribution in [0.2, 0.25) is 0 Å². The van der Waals surface area contributed by atoms with E-state index in [2.05, 4.69) is 9.97 Å². The number of carbonyl (C=O) groups excluding carboxylic acids is 1. The maximum atomic E-state index is 11.9. The minimum Gasteiger partial charge on any atom is -0.378 e. The maximum absolute atomic E-state index is 11.9. The average molecular weight is 385 g/mol. The van der Waals surface area contributed by atoms with Gasteiger partial charge in [0.1, 0.15) is 17.5 Å². The summed E-state index contributed by atoms with van der Waals surface area (Å²) in [5, 5.41) is 0.880. The van der Waals surface area contributed by atoms with Gasteiger partial charge in [-0.2, -0.15) is 13.5 Å². The summed E-state index contributed by atoms with van der Waals surface area (Å²) >= 11 is 0. The van der Waals surface area contributed by atoms with Gasteiger partial charge >= 0.3 is 0 Å². The lowest BCUT2D eigenvalue weighted by Crippen LogP contribution is -2.40. The summed E-state index contributed by atoms with van der Waals surface area (Å²) in [6, 6.07) is 11.5. The largest absolute Gasteiger partial charge is 0.378 e. The van der Waals surface area contributed by atoms with Crippen molar-refractivity contribution >= 4 is 36.3 Å². The molecule has 142 valence electrons. The molecule has 7 nitrogen and oxygen atoms in total. The molecule has 4 rings (SSSR count). The Morgan fingerprint density at radius 3 is 2.81 bits per heavy atom. The predicted octanol–water partition coefficient (Wildman–Crippen LogP) is 2.34. The average Bonchev–Trinajstić information content (AvgIpc) is 3.28. The van der Waals surface area contributed by atoms with Crippen molar-refractivity contribution in [1.29, 1.82) is 0 Å². The van der Waals surface area contributed by atoms with E-state index in [0.717, 1.165) is 47.5 Å². The first-order valence-corrected chi connectivity index (χ1v) is 8.67. The summed E-state index contributed by atoms with van der Waals surface area (Å²) in [7, 11) is 1.65. The summed E-state index contributed by atoms with van der Waals surface area (Å²) in [6.45, 7) is 1.20. The zero-order chi connectivity index (χ0) is 18.1. The van der Waals surface area contributed by atoms with Crippen molar-refractivity contribution < 1.29 is 9.53 Å². The van der Waals surface area contributed by atoms with E-state index in [0.29, 0.717) is 12.4 Å². The number of nitrogens with two attached hydrogens (primary N) is 1. The van der Waals surface area contributed by atoms with E-state index in [1.165, 1.54) is 0 Å². The van der Waals surface area contributed by atoms with Crippen LogP contribution >= 0.6 is 13.5 Å². The zero-order valence-corrected chi connectivity index (χ0v) is 16.1. The van der Waals surface area contributed by atoms with Crippen molar-refractivity contribution in [3.05, 3.63) is 42.1 Å². The molecule has 1 fully saturated rings. The second-order valence-corrected chi connectivity index (χ2v) is 6.48. The molecule has 3 heterocycles. The lowest BCUT2D eigenvalue weighted by Gasteiger charge is -2.24. The molecule has 3 N–H and O–H groups in total. The molecule has 0 unspecified atom stereocenters. The number of benzene rings is 1. The fourth-order valence-corrected chi connectivity index (χ4v) is 3.53. The fraction of sp³-hybridized carbons (Fsp3) is 0.316. The monoisotopic (exact) mass is 385 g/mol. The van der Waals surface area contributed by atoms with E-state index in [1.807, 2.05) is 41.3 Å². The number of ether oxygens (including phenoxy) is 1. The summed E-state index contributed by atoms with van der Waals surface area (Å²) in [4.78, 5) is 26.7. The second-order valence-electron chi connectivity index (χ2n) is 6.48. The Labute approximate surface area is 164 Å². The summed E-state index contributed by atoms with van der Waals surface area (Å²) < 4.78 is 5.23. The molecule has 3 aromatic rings. The van der Waals surface area contributed by atoms with E-state index in [-0.39, 0.29) is 25.4 Å². The third-order valence-electron chi connectivity index (χ3n) is 4.71. The van der Waals surface area contributed by atoms with Crippen LogP contribution in [-0.4, -0.2) is 40.6 Å². The molecule has 0 spiro atoms. The van der Waals surface area contributed by atoms with Gasteiger partial charge < -0.3 is 20.4 Å². The number of fused-ring (bicyclic) bond motifs is 1. The van der Waals surface area contributed by atoms with Crippen LogP contribution in [0.1, 0.15) is 18.5 Å². The Kier molecular flexibility index (Phi) is 5.67. The predicted molar refractivity (Wildman–Crippen MR) is 110 cm³/mol. The van der Waals surface area contributed by atoms with Gasteiger partial charge in [-0.1, -0.05) is 30.3 Å². The van der Waals surface area contributed by atoms with Gasteiger partial charge in [0.15, 0.2) is 5.82 Å². The summed E-state index contributed by atoms with van der Waals surface area (Å²) in [5.41, 5.74) is 8.19. The molecule has 1 aliphatic rings. The molecule has 0 saturated carbocycles. The van der Waals surface area contributed by atoms with Crippen molar-refractivity contribution in [3.63, 3.8) is 0 Å². The molecular formula is C19H23N5O2S. The van der Waals surface area contributed by atoms with E-state index < -0.39 is 0 Å². The minimum atomic E-state index is -0.336. The number of methoxy groups -OCH3 is 1. The van der Waals surface area contributed by atoms with E-state index in [9.17, 15) is 4.79 Å². The van der Waals surface area contributed by atoms with Gasteiger partial charge in [0.05, 0.1) is 12.0 Å². The van der Waals surface area contributed by atoms with Crippen LogP contribution in [0.3, 0.4) is 0 Å². The highest BCUT2D eigenvalue weighted by molar-refractivity contribution is 7.59. The normalized spacial score (nSPS) is 16.5. The highest BCUT2D eigenvalue weighted by Crippen LogP contribution is 2.32. The Bertz CT molecular complexity index is 944. The van der Waals surface area contributed by atoms with Crippen molar-refractivity contribution in [1.82, 2.24) is 15.0 Å². The van der Waals surface area contributed by atoms with Gasteiger partial charge in [-0.05, 0) is 18.9 Å². The van der Waals surface area contributed by atoms with Gasteiger partial charge in [-0.25, -0.2) is 9.97 Å². The van der Waals surface area contributed by atoms with Crippen LogP contribution in [-0.2, 0) is 16.1 Å². The molecule has 1 amide bonds. The highest BCUT2D eigenvalue weighted by atomic mass is 32.1. The Balaban J connectivity index is 0.00000210. The number of amides is 1. The van der Waals surface area contributed by atoms with Gasteiger partial charge in [-0.15, -0.1) is 0 Å². The molecule has 0 aliphatic carbocycles. The fourth-order valence-electron chi connectivity index (χ4n) is 3.53. The second kappa shape index (κ2) is 7.98. The van der Waals surface area contributed by atoms with Crippen LogP contribution in [0.15, 0.2) is 36.4 Å². The third-order valence-corrected chi connectivity index (χ3v) is 4.71. The topological polar surface area (TPSA) is 97.1 Å². The SMILES string of the molecule is COCc1cc2c(N3CCC[C@H]3C(N)=O)nc(-c3ccccc3)nc2[nH]1.S. The third kappa shape index (κ3) is 3.63. The van der Waals surface area contributed by atoms with Crippen LogP contribution in [0.25, 0.3) is 22.4 Å². The van der Waals surface area contributed by atoms with Crippen molar-refractivity contribution in [2.75, 3.05) is 18.6 Å². The number of aromatic amines is 1. The maximum Gasteiger partial charge on any atom is 0.240 e. The Hall–Kier alpha value is -2.58. The molecule has 1 atom stereocenters. The number of nitrogens with zero attached hydrogens (tertiary/aromatic N) is 3. The van der Waals surface area contributed by atoms with Crippen molar-refractivity contribution in [2.24, 2.45) is 5.73 Å². The molecule has 1 saturated heterocycles. The van der Waals surface area contributed by atoms with E-state index in [4.69, 9.17) is 15.5 Å². The number of aromatic nitrogens is 3. The van der Waals surface area contributed by atoms with Gasteiger partial charge in [0.25, 0.3) is 0 Å². The first-order chi connectivity index (χ1) is 12.7. The number of carbonyl (C=O) groups is 1. The van der Waals surface area contributed by atoms with Gasteiger partial charge in [0.2, 0.25) is 5.91 Å². The van der Waals surface area contributed by atoms with E-state index >= 15 is 0 Å². The molecule has 1 aliphatic heterocycles. The van der Waals surface area contributed by atoms with Crippen LogP contribution in [0.4, 0.5) is 5.82 Å². The standard InChI is InChI=1S/C19H21N5O2.H2S/c1-26-11-13-10-14-18(21-13)22-17(12-6-3-2-4-7-12)23-19(14)24-9-5-8-15(24)16(20)25;/h2-4,6-7,10,15H,5,8-9,11H2,1H3,(H2,20,25)(H,21,22,23);1H2/t15-;/m0./s1. The first kappa shape index (κ1) is 19.2. The highest BCUT2D eigenvalue weighted by Gasteiger charge is 2.32. The number of nitrogens with one attached hydrogen (secondary N) is 1. The van der Waals surface area contributed by atoms with Crippen molar-refractivity contribution in [2.45, 2.75) is 25.5 Å². The number of hydrogen-bond acceptors (Lipinski definition) is 5. The molecule has 8 heteroatoms. The van der Waals surface area contributed by atoms with E-state index in [1.54, 1.807) is 7.11 Å². The van der Waals surface area contributed by atoms with Crippen LogP contribution < -0.4 is 10.6 Å². The van der Waals surface area contributed by atoms with Gasteiger partial charge in [0, 0.05) is 24.9 Å². The Morgan fingerprint density at radius 2 is 2.11 bits per heavy atom. The Morgan fingerprint density at radius 1 is 1.33 bits per heavy atom. The van der Waals surface area contributed by atoms with Crippen LogP contribution in [0, 0.1) is 0 Å². The number of hydrogen-bond donors (Lipinski definition) is 2. The molecule has 27 heavy (non-hydrogen) atoms. The minimum absolute atomic E-state index is 0. The number of rotatable bonds is 5. The molecule has 1 aromatic carbocycles. The van der Waals surface area contributed by atoms with Crippen molar-refractivity contribution in [3.8, 4) is 11.4 Å². The number of anilines is 1. The molecular weight excluding hydrogens is 362 g/mol. The zero-order valence-electron chi connectivity index (χ0n) is 15.1. The number of primary amides is 1. The number of H-pyrrole nitrogens is 1. The smallest absolute Gasteiger partial charge is 0.240 e. The first-order valence-electron chi connectivity index (χ1n) is 8.67. The van der Waals surface area contributed by atoms with Gasteiger partial charge in [-0.3, -0.25) is 4.79 Å². The van der Waals surface area contributed by atoms with Crippen LogP contribution in [0.5, 0.6) is 0 Å². The summed E-state index contributed by atoms with van der Waals surface area (Å²) in [5.74, 6) is 1.05.